The van der Waals surface area contributed by atoms with Crippen LogP contribution in [0.15, 0.2) is 48.8 Å². The van der Waals surface area contributed by atoms with E-state index in [1.165, 1.54) is 43.6 Å². The average molecular weight is 295 g/mol. The Labute approximate surface area is 133 Å². The number of hydrazine groups is 1. The van der Waals surface area contributed by atoms with Gasteiger partial charge in [0.25, 0.3) is 0 Å². The molecule has 22 heavy (non-hydrogen) atoms. The summed E-state index contributed by atoms with van der Waals surface area (Å²) in [5.74, 6) is 1.66. The smallest absolute Gasteiger partial charge is 0.0623 e. The Kier molecular flexibility index (Phi) is 3.67. The molecule has 2 aliphatic heterocycles. The second kappa shape index (κ2) is 5.81. The first-order valence-corrected chi connectivity index (χ1v) is 8.54. The van der Waals surface area contributed by atoms with Crippen LogP contribution in [0, 0.1) is 5.92 Å². The molecule has 0 radical (unpaired) electrons. The quantitative estimate of drug-likeness (QED) is 0.915. The van der Waals surface area contributed by atoms with E-state index in [1.54, 1.807) is 0 Å². The molecule has 116 valence electrons. The van der Waals surface area contributed by atoms with E-state index in [4.69, 9.17) is 0 Å². The van der Waals surface area contributed by atoms with Crippen molar-refractivity contribution in [3.8, 4) is 0 Å². The number of likely N-dealkylation sites (tertiary alicyclic amines) is 1. The molecule has 0 aromatic heterocycles. The van der Waals surface area contributed by atoms with Crippen molar-refractivity contribution in [2.45, 2.75) is 38.1 Å². The van der Waals surface area contributed by atoms with E-state index in [0.717, 1.165) is 17.9 Å². The van der Waals surface area contributed by atoms with Crippen molar-refractivity contribution in [2.75, 3.05) is 18.1 Å². The van der Waals surface area contributed by atoms with Crippen molar-refractivity contribution in [3.63, 3.8) is 0 Å². The molecular weight excluding hydrogens is 270 g/mol. The number of hydrogen-bond acceptors (Lipinski definition) is 3. The van der Waals surface area contributed by atoms with Gasteiger partial charge in [0.05, 0.1) is 5.69 Å². The molecular formula is C19H25N3. The van der Waals surface area contributed by atoms with Gasteiger partial charge in [0.1, 0.15) is 0 Å². The predicted molar refractivity (Wildman–Crippen MR) is 91.5 cm³/mol. The highest BCUT2D eigenvalue weighted by atomic mass is 15.5. The van der Waals surface area contributed by atoms with Crippen molar-refractivity contribution in [3.05, 3.63) is 54.4 Å². The van der Waals surface area contributed by atoms with Crippen LogP contribution in [0.4, 0.5) is 5.69 Å². The summed E-state index contributed by atoms with van der Waals surface area (Å²) in [6.45, 7) is 4.99. The van der Waals surface area contributed by atoms with E-state index in [2.05, 4.69) is 41.5 Å². The summed E-state index contributed by atoms with van der Waals surface area (Å²) < 4.78 is 0. The van der Waals surface area contributed by atoms with Gasteiger partial charge < -0.3 is 10.3 Å². The van der Waals surface area contributed by atoms with Crippen LogP contribution in [0.2, 0.25) is 0 Å². The molecule has 1 saturated carbocycles. The number of allylic oxidation sites excluding steroid dienone is 2. The Morgan fingerprint density at radius 2 is 2.05 bits per heavy atom. The van der Waals surface area contributed by atoms with Crippen LogP contribution in [-0.2, 0) is 0 Å². The summed E-state index contributed by atoms with van der Waals surface area (Å²) in [6, 6.07) is 9.86. The minimum absolute atomic E-state index is 0.784. The van der Waals surface area contributed by atoms with Crippen molar-refractivity contribution in [1.29, 1.82) is 0 Å². The largest absolute Gasteiger partial charge is 0.302 e. The van der Waals surface area contributed by atoms with E-state index in [0.29, 0.717) is 0 Å². The van der Waals surface area contributed by atoms with Crippen molar-refractivity contribution < 1.29 is 0 Å². The SMILES string of the molecule is C[C@H]1CCCN1C[C@H]1C[C@@H]1c1ccc(N2C=CC=CN2)cc1. The molecule has 1 saturated heterocycles. The second-order valence-electron chi connectivity index (χ2n) is 6.88. The number of nitrogens with one attached hydrogen (secondary N) is 1. The van der Waals surface area contributed by atoms with E-state index in [-0.39, 0.29) is 0 Å². The van der Waals surface area contributed by atoms with Gasteiger partial charge in [0.2, 0.25) is 0 Å². The van der Waals surface area contributed by atoms with Gasteiger partial charge in [-0.05, 0) is 74.4 Å². The maximum Gasteiger partial charge on any atom is 0.0623 e. The van der Waals surface area contributed by atoms with Crippen molar-refractivity contribution in [2.24, 2.45) is 5.92 Å². The first-order valence-electron chi connectivity index (χ1n) is 8.54. The third kappa shape index (κ3) is 2.78. The first-order chi connectivity index (χ1) is 10.8. The van der Waals surface area contributed by atoms with Gasteiger partial charge in [0.15, 0.2) is 0 Å². The Balaban J connectivity index is 1.36. The van der Waals surface area contributed by atoms with Gasteiger partial charge in [-0.15, -0.1) is 0 Å². The van der Waals surface area contributed by atoms with Gasteiger partial charge >= 0.3 is 0 Å². The maximum absolute atomic E-state index is 3.22. The van der Waals surface area contributed by atoms with Crippen LogP contribution in [-0.4, -0.2) is 24.0 Å². The van der Waals surface area contributed by atoms with Crippen molar-refractivity contribution >= 4 is 5.69 Å². The van der Waals surface area contributed by atoms with Gasteiger partial charge in [0, 0.05) is 25.0 Å². The lowest BCUT2D eigenvalue weighted by Gasteiger charge is -2.22. The van der Waals surface area contributed by atoms with Crippen LogP contribution in [0.1, 0.15) is 37.7 Å². The Morgan fingerprint density at radius 3 is 2.73 bits per heavy atom. The molecule has 2 fully saturated rings. The number of anilines is 1. The minimum Gasteiger partial charge on any atom is -0.302 e. The van der Waals surface area contributed by atoms with Gasteiger partial charge in [-0.25, -0.2) is 0 Å². The lowest BCUT2D eigenvalue weighted by molar-refractivity contribution is 0.256. The van der Waals surface area contributed by atoms with Gasteiger partial charge in [-0.2, -0.15) is 0 Å². The third-order valence-corrected chi connectivity index (χ3v) is 5.34. The van der Waals surface area contributed by atoms with Gasteiger partial charge in [-0.1, -0.05) is 12.1 Å². The average Bonchev–Trinajstić information content (AvgIpc) is 3.23. The van der Waals surface area contributed by atoms with Crippen LogP contribution in [0.5, 0.6) is 0 Å². The Bertz CT molecular complexity index is 575. The van der Waals surface area contributed by atoms with Crippen LogP contribution in [0.25, 0.3) is 0 Å². The molecule has 3 atom stereocenters. The van der Waals surface area contributed by atoms with Crippen LogP contribution in [0.3, 0.4) is 0 Å². The number of rotatable bonds is 4. The predicted octanol–water partition coefficient (Wildman–Crippen LogP) is 3.63. The molecule has 1 N–H and O–H groups in total. The fraction of sp³-hybridized carbons (Fsp3) is 0.474. The molecule has 3 heteroatoms. The summed E-state index contributed by atoms with van der Waals surface area (Å²) in [6.07, 6.45) is 12.2. The summed E-state index contributed by atoms with van der Waals surface area (Å²) >= 11 is 0. The highest BCUT2D eigenvalue weighted by Gasteiger charge is 2.40. The van der Waals surface area contributed by atoms with E-state index in [9.17, 15) is 0 Å². The lowest BCUT2D eigenvalue weighted by Crippen LogP contribution is -2.30. The molecule has 1 aliphatic carbocycles. The molecule has 4 rings (SSSR count). The molecule has 1 aromatic carbocycles. The van der Waals surface area contributed by atoms with Crippen LogP contribution >= 0.6 is 0 Å². The standard InChI is InChI=1S/C19H25N3/c1-15-5-4-11-21(15)14-17-13-19(17)16-6-8-18(9-7-16)22-12-3-2-10-20-22/h2-3,6-10,12,15,17,19-20H,4-5,11,13-14H2,1H3/t15-,17+,19+/m0/s1. The molecule has 0 spiro atoms. The number of hydrogen-bond donors (Lipinski definition) is 1. The van der Waals surface area contributed by atoms with E-state index >= 15 is 0 Å². The topological polar surface area (TPSA) is 18.5 Å². The first kappa shape index (κ1) is 13.9. The molecule has 3 nitrogen and oxygen atoms in total. The highest BCUT2D eigenvalue weighted by Crippen LogP contribution is 2.48. The maximum atomic E-state index is 3.22. The molecule has 0 bridgehead atoms. The lowest BCUT2D eigenvalue weighted by atomic mass is 10.1. The zero-order chi connectivity index (χ0) is 14.9. The van der Waals surface area contributed by atoms with Gasteiger partial charge in [-0.3, -0.25) is 5.01 Å². The summed E-state index contributed by atoms with van der Waals surface area (Å²) in [4.78, 5) is 2.69. The normalized spacial score (nSPS) is 30.6. The highest BCUT2D eigenvalue weighted by molar-refractivity contribution is 5.51. The minimum atomic E-state index is 0.784. The van der Waals surface area contributed by atoms with E-state index in [1.807, 2.05) is 29.6 Å². The second-order valence-corrected chi connectivity index (χ2v) is 6.88. The fourth-order valence-corrected chi connectivity index (χ4v) is 3.82. The summed E-state index contributed by atoms with van der Waals surface area (Å²) in [7, 11) is 0. The monoisotopic (exact) mass is 295 g/mol. The number of benzene rings is 1. The Morgan fingerprint density at radius 1 is 1.18 bits per heavy atom. The molecule has 0 amide bonds. The molecule has 3 aliphatic rings. The third-order valence-electron chi connectivity index (χ3n) is 5.34. The molecule has 0 unspecified atom stereocenters. The molecule has 1 aromatic rings. The summed E-state index contributed by atoms with van der Waals surface area (Å²) in [5.41, 5.74) is 5.92. The zero-order valence-corrected chi connectivity index (χ0v) is 13.3. The van der Waals surface area contributed by atoms with E-state index < -0.39 is 0 Å². The summed E-state index contributed by atoms with van der Waals surface area (Å²) in [5, 5.41) is 2.04. The zero-order valence-electron chi connectivity index (χ0n) is 13.3. The number of nitrogens with zero attached hydrogens (tertiary/aromatic N) is 2. The molecule has 2 heterocycles. The Hall–Kier alpha value is -1.74. The fourth-order valence-electron chi connectivity index (χ4n) is 3.82. The van der Waals surface area contributed by atoms with Crippen LogP contribution < -0.4 is 10.4 Å². The van der Waals surface area contributed by atoms with Crippen molar-refractivity contribution in [1.82, 2.24) is 10.3 Å².